The molecular weight excluding hydrogens is 362 g/mol. The van der Waals surface area contributed by atoms with Gasteiger partial charge >= 0.3 is 0 Å². The Morgan fingerprint density at radius 1 is 1.24 bits per heavy atom. The van der Waals surface area contributed by atoms with Crippen molar-refractivity contribution in [2.75, 3.05) is 59.0 Å². The molecule has 0 bridgehead atoms. The molecule has 1 aromatic heterocycles. The third-order valence-electron chi connectivity index (χ3n) is 6.08. The largest absolute Gasteiger partial charge is 0.379 e. The summed E-state index contributed by atoms with van der Waals surface area (Å²) in [7, 11) is 0. The molecule has 0 amide bonds. The molecule has 2 saturated heterocycles. The Kier molecular flexibility index (Phi) is 7.06. The number of nitrogens with one attached hydrogen (secondary N) is 2. The number of aromatic nitrogens is 1. The molecule has 2 N–H and O–H groups in total. The number of guanidine groups is 1. The van der Waals surface area contributed by atoms with Crippen molar-refractivity contribution < 1.29 is 4.74 Å². The smallest absolute Gasteiger partial charge is 0.193 e. The maximum Gasteiger partial charge on any atom is 0.193 e. The van der Waals surface area contributed by atoms with Crippen molar-refractivity contribution in [1.29, 1.82) is 0 Å². The highest BCUT2D eigenvalue weighted by Crippen LogP contribution is 2.20. The highest BCUT2D eigenvalue weighted by atomic mass is 16.5. The normalized spacial score (nSPS) is 21.2. The molecule has 3 heterocycles. The summed E-state index contributed by atoms with van der Waals surface area (Å²) < 4.78 is 5.48. The highest BCUT2D eigenvalue weighted by Gasteiger charge is 2.27. The fourth-order valence-electron chi connectivity index (χ4n) is 4.54. The lowest BCUT2D eigenvalue weighted by Gasteiger charge is -2.29. The number of rotatable bonds is 7. The summed E-state index contributed by atoms with van der Waals surface area (Å²) in [6.07, 6.45) is 5.54. The third-order valence-corrected chi connectivity index (χ3v) is 6.08. The lowest BCUT2D eigenvalue weighted by atomic mass is 10.1. The number of morpholine rings is 1. The van der Waals surface area contributed by atoms with Gasteiger partial charge in [0.25, 0.3) is 0 Å². The molecule has 0 saturated carbocycles. The molecule has 1 atom stereocenters. The van der Waals surface area contributed by atoms with Gasteiger partial charge in [-0.2, -0.15) is 0 Å². The van der Waals surface area contributed by atoms with Crippen LogP contribution in [0.1, 0.15) is 25.3 Å². The molecule has 1 unspecified atom stereocenters. The first-order valence-corrected chi connectivity index (χ1v) is 11.2. The molecule has 2 aliphatic rings. The van der Waals surface area contributed by atoms with Crippen LogP contribution in [0.3, 0.4) is 0 Å². The molecule has 2 aromatic rings. The Balaban J connectivity index is 1.27. The maximum absolute atomic E-state index is 5.48. The average molecular weight is 398 g/mol. The number of ether oxygens (including phenoxy) is 1. The lowest BCUT2D eigenvalue weighted by Crippen LogP contribution is -2.42. The van der Waals surface area contributed by atoms with E-state index in [0.717, 1.165) is 77.2 Å². The van der Waals surface area contributed by atoms with Crippen molar-refractivity contribution >= 4 is 16.9 Å². The van der Waals surface area contributed by atoms with E-state index in [1.165, 1.54) is 29.4 Å². The summed E-state index contributed by atoms with van der Waals surface area (Å²) in [4.78, 5) is 13.3. The van der Waals surface area contributed by atoms with Gasteiger partial charge in [0.15, 0.2) is 5.96 Å². The minimum absolute atomic E-state index is 0.739. The van der Waals surface area contributed by atoms with Gasteiger partial charge in [0.1, 0.15) is 0 Å². The van der Waals surface area contributed by atoms with Crippen LogP contribution in [0.25, 0.3) is 10.9 Å². The van der Waals surface area contributed by atoms with Crippen LogP contribution in [0.15, 0.2) is 35.5 Å². The van der Waals surface area contributed by atoms with Gasteiger partial charge in [0, 0.05) is 62.9 Å². The van der Waals surface area contributed by atoms with E-state index in [2.05, 4.69) is 57.5 Å². The molecule has 0 radical (unpaired) electrons. The van der Waals surface area contributed by atoms with Gasteiger partial charge in [0.05, 0.1) is 13.2 Å². The van der Waals surface area contributed by atoms with E-state index < -0.39 is 0 Å². The van der Waals surface area contributed by atoms with Crippen LogP contribution in [0.4, 0.5) is 0 Å². The zero-order chi connectivity index (χ0) is 19.9. The molecule has 2 fully saturated rings. The van der Waals surface area contributed by atoms with Crippen molar-refractivity contribution in [1.82, 2.24) is 20.1 Å². The molecule has 0 spiro atoms. The van der Waals surface area contributed by atoms with Crippen LogP contribution in [0, 0.1) is 5.92 Å². The number of para-hydroxylation sites is 1. The topological polar surface area (TPSA) is 55.9 Å². The quantitative estimate of drug-likeness (QED) is 0.429. The lowest BCUT2D eigenvalue weighted by molar-refractivity contribution is 0.0315. The van der Waals surface area contributed by atoms with Gasteiger partial charge in [-0.05, 0) is 43.7 Å². The monoisotopic (exact) mass is 397 g/mol. The molecule has 0 aliphatic carbocycles. The molecular formula is C23H35N5O. The molecule has 2 aliphatic heterocycles. The summed E-state index contributed by atoms with van der Waals surface area (Å²) in [5.74, 6) is 1.83. The van der Waals surface area contributed by atoms with Crippen LogP contribution in [-0.2, 0) is 11.2 Å². The first-order valence-electron chi connectivity index (χ1n) is 11.2. The Morgan fingerprint density at radius 2 is 2.10 bits per heavy atom. The van der Waals surface area contributed by atoms with E-state index in [0.29, 0.717) is 0 Å². The van der Waals surface area contributed by atoms with Gasteiger partial charge < -0.3 is 19.9 Å². The number of nitrogens with zero attached hydrogens (tertiary/aromatic N) is 3. The Bertz CT molecular complexity index is 795. The number of benzene rings is 1. The minimum Gasteiger partial charge on any atom is -0.379 e. The number of aryl methyl sites for hydroxylation is 1. The average Bonchev–Trinajstić information content (AvgIpc) is 3.38. The van der Waals surface area contributed by atoms with Gasteiger partial charge in [-0.15, -0.1) is 0 Å². The second-order valence-corrected chi connectivity index (χ2v) is 8.21. The molecule has 1 aromatic carbocycles. The van der Waals surface area contributed by atoms with Crippen LogP contribution in [0.2, 0.25) is 0 Å². The zero-order valence-electron chi connectivity index (χ0n) is 17.7. The second-order valence-electron chi connectivity index (χ2n) is 8.21. The van der Waals surface area contributed by atoms with Crippen molar-refractivity contribution in [3.8, 4) is 0 Å². The van der Waals surface area contributed by atoms with Gasteiger partial charge in [-0.1, -0.05) is 18.2 Å². The van der Waals surface area contributed by atoms with Crippen LogP contribution >= 0.6 is 0 Å². The molecule has 6 heteroatoms. The van der Waals surface area contributed by atoms with Crippen LogP contribution in [0.5, 0.6) is 0 Å². The molecule has 29 heavy (non-hydrogen) atoms. The predicted molar refractivity (Wildman–Crippen MR) is 120 cm³/mol. The standard InChI is InChI=1S/C23H35N5O/c1-2-24-23(28-11-9-19(18-28)17-27-12-14-29-15-13-27)25-10-5-6-20-16-26-22-8-4-3-7-21(20)22/h3-4,7-8,16,19,26H,2,5-6,9-15,17-18H2,1H3,(H,24,25). The molecule has 6 nitrogen and oxygen atoms in total. The number of fused-ring (bicyclic) bond motifs is 1. The minimum atomic E-state index is 0.739. The summed E-state index contributed by atoms with van der Waals surface area (Å²) in [5.41, 5.74) is 2.62. The van der Waals surface area contributed by atoms with Crippen LogP contribution < -0.4 is 5.32 Å². The first-order chi connectivity index (χ1) is 14.3. The fourth-order valence-corrected chi connectivity index (χ4v) is 4.54. The van der Waals surface area contributed by atoms with E-state index in [1.54, 1.807) is 0 Å². The summed E-state index contributed by atoms with van der Waals surface area (Å²) in [5, 5.41) is 4.85. The molecule has 158 valence electrons. The van der Waals surface area contributed by atoms with Crippen LogP contribution in [-0.4, -0.2) is 79.8 Å². The maximum atomic E-state index is 5.48. The third kappa shape index (κ3) is 5.31. The van der Waals surface area contributed by atoms with Crippen molar-refractivity contribution in [3.05, 3.63) is 36.0 Å². The summed E-state index contributed by atoms with van der Waals surface area (Å²) in [6.45, 7) is 11.3. The Morgan fingerprint density at radius 3 is 2.97 bits per heavy atom. The summed E-state index contributed by atoms with van der Waals surface area (Å²) in [6, 6.07) is 8.54. The SMILES string of the molecule is CCNC(=NCCCc1c[nH]c2ccccc12)N1CCC(CN2CCOCC2)C1. The van der Waals surface area contributed by atoms with Gasteiger partial charge in [-0.3, -0.25) is 9.89 Å². The number of likely N-dealkylation sites (tertiary alicyclic amines) is 1. The number of hydrogen-bond acceptors (Lipinski definition) is 3. The van der Waals surface area contributed by atoms with E-state index in [4.69, 9.17) is 9.73 Å². The second kappa shape index (κ2) is 10.1. The van der Waals surface area contributed by atoms with Gasteiger partial charge in [-0.25, -0.2) is 0 Å². The van der Waals surface area contributed by atoms with E-state index in [9.17, 15) is 0 Å². The Hall–Kier alpha value is -2.05. The van der Waals surface area contributed by atoms with E-state index in [1.807, 2.05) is 0 Å². The Labute approximate surface area is 174 Å². The fraction of sp³-hybridized carbons (Fsp3) is 0.609. The van der Waals surface area contributed by atoms with Gasteiger partial charge in [0.2, 0.25) is 0 Å². The van der Waals surface area contributed by atoms with Crippen molar-refractivity contribution in [2.24, 2.45) is 10.9 Å². The first kappa shape index (κ1) is 20.2. The highest BCUT2D eigenvalue weighted by molar-refractivity contribution is 5.83. The number of hydrogen-bond donors (Lipinski definition) is 2. The van der Waals surface area contributed by atoms with Crippen molar-refractivity contribution in [2.45, 2.75) is 26.2 Å². The molecule has 4 rings (SSSR count). The summed E-state index contributed by atoms with van der Waals surface area (Å²) >= 11 is 0. The van der Waals surface area contributed by atoms with E-state index >= 15 is 0 Å². The van der Waals surface area contributed by atoms with E-state index in [-0.39, 0.29) is 0 Å². The number of aromatic amines is 1. The predicted octanol–water partition coefficient (Wildman–Crippen LogP) is 2.72. The number of H-pyrrole nitrogens is 1. The zero-order valence-corrected chi connectivity index (χ0v) is 17.7. The van der Waals surface area contributed by atoms with Crippen molar-refractivity contribution in [3.63, 3.8) is 0 Å². The number of aliphatic imine (C=N–C) groups is 1.